The summed E-state index contributed by atoms with van der Waals surface area (Å²) in [5.41, 5.74) is 2.40. The van der Waals surface area contributed by atoms with E-state index in [2.05, 4.69) is 15.6 Å². The third-order valence-electron chi connectivity index (χ3n) is 4.33. The van der Waals surface area contributed by atoms with E-state index in [4.69, 9.17) is 11.6 Å². The lowest BCUT2D eigenvalue weighted by Gasteiger charge is -2.15. The molecule has 144 valence electrons. The van der Waals surface area contributed by atoms with Gasteiger partial charge in [-0.25, -0.2) is 4.98 Å². The normalized spacial score (nSPS) is 11.6. The Morgan fingerprint density at radius 2 is 1.89 bits per heavy atom. The van der Waals surface area contributed by atoms with Crippen molar-refractivity contribution in [2.24, 2.45) is 0 Å². The maximum atomic E-state index is 12.2. The fraction of sp³-hybridized carbons (Fsp3) is 0.190. The fourth-order valence-corrected chi connectivity index (χ4v) is 3.00. The van der Waals surface area contributed by atoms with Crippen molar-refractivity contribution in [3.8, 4) is 5.69 Å². The molecule has 0 bridgehead atoms. The Hall–Kier alpha value is -3.12. The Kier molecular flexibility index (Phi) is 6.45. The van der Waals surface area contributed by atoms with Crippen molar-refractivity contribution in [2.75, 3.05) is 6.54 Å². The number of hydrogen-bond donors (Lipinski definition) is 2. The van der Waals surface area contributed by atoms with Gasteiger partial charge in [0, 0.05) is 31.0 Å². The quantitative estimate of drug-likeness (QED) is 0.641. The first-order chi connectivity index (χ1) is 13.5. The minimum Gasteiger partial charge on any atom is -0.351 e. The Labute approximate surface area is 168 Å². The molecule has 0 aliphatic carbocycles. The van der Waals surface area contributed by atoms with Crippen LogP contribution < -0.4 is 10.6 Å². The second kappa shape index (κ2) is 9.19. The SMILES string of the molecule is C[C@H](NC(=O)CCNC(=O)c1ccccc1Cl)c1ccc(-n2ccnc2)cc1. The molecule has 2 N–H and O–H groups in total. The summed E-state index contributed by atoms with van der Waals surface area (Å²) >= 11 is 6.00. The number of imidazole rings is 1. The van der Waals surface area contributed by atoms with E-state index in [0.29, 0.717) is 10.6 Å². The topological polar surface area (TPSA) is 76.0 Å². The van der Waals surface area contributed by atoms with E-state index in [1.165, 1.54) is 0 Å². The van der Waals surface area contributed by atoms with Gasteiger partial charge in [0.25, 0.3) is 5.91 Å². The Morgan fingerprint density at radius 1 is 1.14 bits per heavy atom. The summed E-state index contributed by atoms with van der Waals surface area (Å²) in [6.07, 6.45) is 5.52. The lowest BCUT2D eigenvalue weighted by atomic mass is 10.1. The molecule has 6 nitrogen and oxygen atoms in total. The summed E-state index contributed by atoms with van der Waals surface area (Å²) in [4.78, 5) is 28.3. The zero-order valence-electron chi connectivity index (χ0n) is 15.4. The van der Waals surface area contributed by atoms with Gasteiger partial charge < -0.3 is 15.2 Å². The highest BCUT2D eigenvalue weighted by molar-refractivity contribution is 6.33. The van der Waals surface area contributed by atoms with E-state index in [9.17, 15) is 9.59 Å². The monoisotopic (exact) mass is 396 g/mol. The summed E-state index contributed by atoms with van der Waals surface area (Å²) in [5.74, 6) is -0.424. The summed E-state index contributed by atoms with van der Waals surface area (Å²) in [5, 5.41) is 6.04. The number of nitrogens with zero attached hydrogens (tertiary/aromatic N) is 2. The highest BCUT2D eigenvalue weighted by Crippen LogP contribution is 2.16. The average Bonchev–Trinajstić information content (AvgIpc) is 3.23. The number of aromatic nitrogens is 2. The molecular weight excluding hydrogens is 376 g/mol. The van der Waals surface area contributed by atoms with Crippen molar-refractivity contribution in [1.29, 1.82) is 0 Å². The van der Waals surface area contributed by atoms with Gasteiger partial charge >= 0.3 is 0 Å². The molecule has 7 heteroatoms. The molecule has 28 heavy (non-hydrogen) atoms. The first-order valence-corrected chi connectivity index (χ1v) is 9.33. The van der Waals surface area contributed by atoms with Crippen LogP contribution in [0.15, 0.2) is 67.3 Å². The minimum atomic E-state index is -0.290. The van der Waals surface area contributed by atoms with E-state index in [-0.39, 0.29) is 30.8 Å². The molecule has 0 spiro atoms. The molecule has 0 saturated carbocycles. The molecule has 0 aliphatic rings. The summed E-state index contributed by atoms with van der Waals surface area (Å²) in [6, 6.07) is 14.6. The zero-order chi connectivity index (χ0) is 19.9. The molecule has 0 radical (unpaired) electrons. The lowest BCUT2D eigenvalue weighted by molar-refractivity contribution is -0.121. The molecule has 0 fully saturated rings. The number of benzene rings is 2. The van der Waals surface area contributed by atoms with Crippen LogP contribution in [0.3, 0.4) is 0 Å². The van der Waals surface area contributed by atoms with Gasteiger partial charge in [0.15, 0.2) is 0 Å². The van der Waals surface area contributed by atoms with E-state index in [1.807, 2.05) is 42.0 Å². The first-order valence-electron chi connectivity index (χ1n) is 8.95. The molecule has 3 aromatic rings. The third kappa shape index (κ3) is 4.98. The summed E-state index contributed by atoms with van der Waals surface area (Å²) < 4.78 is 1.91. The maximum absolute atomic E-state index is 12.2. The van der Waals surface area contributed by atoms with Crippen LogP contribution in [0.1, 0.15) is 35.3 Å². The predicted octanol–water partition coefficient (Wildman–Crippen LogP) is 3.52. The zero-order valence-corrected chi connectivity index (χ0v) is 16.2. The Bertz CT molecular complexity index is 939. The second-order valence-corrected chi connectivity index (χ2v) is 6.74. The lowest BCUT2D eigenvalue weighted by Crippen LogP contribution is -2.32. The first kappa shape index (κ1) is 19.6. The molecule has 2 aromatic carbocycles. The molecule has 1 heterocycles. The number of rotatable bonds is 7. The van der Waals surface area contributed by atoms with E-state index in [1.54, 1.807) is 36.8 Å². The molecule has 0 unspecified atom stereocenters. The van der Waals surface area contributed by atoms with Crippen molar-refractivity contribution >= 4 is 23.4 Å². The molecule has 3 rings (SSSR count). The number of carbonyl (C=O) groups is 2. The van der Waals surface area contributed by atoms with Crippen molar-refractivity contribution in [3.63, 3.8) is 0 Å². The number of amides is 2. The van der Waals surface area contributed by atoms with Crippen LogP contribution >= 0.6 is 11.6 Å². The molecule has 1 aromatic heterocycles. The van der Waals surface area contributed by atoms with Crippen molar-refractivity contribution in [3.05, 3.63) is 83.4 Å². The molecule has 2 amide bonds. The van der Waals surface area contributed by atoms with Gasteiger partial charge in [0.2, 0.25) is 5.91 Å². The predicted molar refractivity (Wildman–Crippen MR) is 109 cm³/mol. The number of carbonyl (C=O) groups excluding carboxylic acids is 2. The van der Waals surface area contributed by atoms with Crippen molar-refractivity contribution in [1.82, 2.24) is 20.2 Å². The van der Waals surface area contributed by atoms with Crippen LogP contribution in [-0.4, -0.2) is 27.9 Å². The van der Waals surface area contributed by atoms with Crippen molar-refractivity contribution in [2.45, 2.75) is 19.4 Å². The van der Waals surface area contributed by atoms with Crippen LogP contribution in [0.2, 0.25) is 5.02 Å². The number of hydrogen-bond acceptors (Lipinski definition) is 3. The summed E-state index contributed by atoms with van der Waals surface area (Å²) in [6.45, 7) is 2.16. The van der Waals surface area contributed by atoms with Crippen LogP contribution in [0.5, 0.6) is 0 Å². The fourth-order valence-electron chi connectivity index (χ4n) is 2.77. The van der Waals surface area contributed by atoms with E-state index >= 15 is 0 Å². The van der Waals surface area contributed by atoms with Crippen LogP contribution in [-0.2, 0) is 4.79 Å². The molecule has 0 aliphatic heterocycles. The van der Waals surface area contributed by atoms with Gasteiger partial charge in [-0.3, -0.25) is 9.59 Å². The molecule has 0 saturated heterocycles. The average molecular weight is 397 g/mol. The van der Waals surface area contributed by atoms with Gasteiger partial charge in [0.05, 0.1) is 23.0 Å². The highest BCUT2D eigenvalue weighted by Gasteiger charge is 2.12. The van der Waals surface area contributed by atoms with Crippen LogP contribution in [0.25, 0.3) is 5.69 Å². The van der Waals surface area contributed by atoms with Crippen molar-refractivity contribution < 1.29 is 9.59 Å². The van der Waals surface area contributed by atoms with Gasteiger partial charge in [-0.15, -0.1) is 0 Å². The van der Waals surface area contributed by atoms with Gasteiger partial charge in [-0.05, 0) is 36.8 Å². The number of halogens is 1. The Balaban J connectivity index is 1.46. The minimum absolute atomic E-state index is 0.134. The van der Waals surface area contributed by atoms with E-state index < -0.39 is 0 Å². The molecule has 1 atom stereocenters. The molecular formula is C21H21ClN4O2. The van der Waals surface area contributed by atoms with Gasteiger partial charge in [0.1, 0.15) is 0 Å². The smallest absolute Gasteiger partial charge is 0.252 e. The maximum Gasteiger partial charge on any atom is 0.252 e. The number of nitrogens with one attached hydrogen (secondary N) is 2. The van der Waals surface area contributed by atoms with Crippen LogP contribution in [0, 0.1) is 0 Å². The third-order valence-corrected chi connectivity index (χ3v) is 4.66. The second-order valence-electron chi connectivity index (χ2n) is 6.34. The summed E-state index contributed by atoms with van der Waals surface area (Å²) in [7, 11) is 0. The standard InChI is InChI=1S/C21H21ClN4O2/c1-15(16-6-8-17(9-7-16)26-13-12-23-14-26)25-20(27)10-11-24-21(28)18-4-2-3-5-19(18)22/h2-9,12-15H,10-11H2,1H3,(H,24,28)(H,25,27)/t15-/m0/s1. The van der Waals surface area contributed by atoms with E-state index in [0.717, 1.165) is 11.3 Å². The van der Waals surface area contributed by atoms with Gasteiger partial charge in [-0.2, -0.15) is 0 Å². The van der Waals surface area contributed by atoms with Crippen LogP contribution in [0.4, 0.5) is 0 Å². The van der Waals surface area contributed by atoms with Gasteiger partial charge in [-0.1, -0.05) is 35.9 Å². The largest absolute Gasteiger partial charge is 0.351 e. The Morgan fingerprint density at radius 3 is 2.57 bits per heavy atom. The highest BCUT2D eigenvalue weighted by atomic mass is 35.5.